The van der Waals surface area contributed by atoms with Gasteiger partial charge >= 0.3 is 0 Å². The van der Waals surface area contributed by atoms with Crippen LogP contribution in [-0.4, -0.2) is 28.8 Å². The molecule has 0 saturated heterocycles. The summed E-state index contributed by atoms with van der Waals surface area (Å²) in [5.74, 6) is 0.139. The summed E-state index contributed by atoms with van der Waals surface area (Å²) < 4.78 is 9.88. The molecule has 0 saturated carbocycles. The summed E-state index contributed by atoms with van der Waals surface area (Å²) in [5, 5.41) is 14.8. The summed E-state index contributed by atoms with van der Waals surface area (Å²) >= 11 is 5.97. The number of nitro groups is 1. The highest BCUT2D eigenvalue weighted by atomic mass is 35.5. The summed E-state index contributed by atoms with van der Waals surface area (Å²) in [7, 11) is 1.49. The molecule has 0 aliphatic heterocycles. The molecule has 0 bridgehead atoms. The number of hydrogen-bond acceptors (Lipinski definition) is 7. The van der Waals surface area contributed by atoms with Crippen molar-refractivity contribution >= 4 is 17.3 Å². The Labute approximate surface area is 118 Å². The van der Waals surface area contributed by atoms with E-state index in [0.717, 1.165) is 0 Å². The third-order valence-corrected chi connectivity index (χ3v) is 2.84. The number of nitro benzene ring substituents is 1. The van der Waals surface area contributed by atoms with E-state index in [0.29, 0.717) is 0 Å². The van der Waals surface area contributed by atoms with E-state index >= 15 is 0 Å². The van der Waals surface area contributed by atoms with Gasteiger partial charge in [-0.1, -0.05) is 22.8 Å². The molecular weight excluding hydrogens is 288 g/mol. The first-order valence-corrected chi connectivity index (χ1v) is 5.93. The lowest BCUT2D eigenvalue weighted by molar-refractivity contribution is -0.384. The highest BCUT2D eigenvalue weighted by molar-refractivity contribution is 6.33. The predicted octanol–water partition coefficient (Wildman–Crippen LogP) is 1.94. The summed E-state index contributed by atoms with van der Waals surface area (Å²) in [4.78, 5) is 14.5. The van der Waals surface area contributed by atoms with E-state index < -0.39 is 11.0 Å². The molecule has 0 aliphatic rings. The van der Waals surface area contributed by atoms with Crippen molar-refractivity contribution in [3.63, 3.8) is 0 Å². The van der Waals surface area contributed by atoms with Crippen LogP contribution in [0.2, 0.25) is 5.02 Å². The number of nitrogens with zero attached hydrogens (tertiary/aromatic N) is 3. The van der Waals surface area contributed by atoms with Crippen LogP contribution in [0.5, 0.6) is 0 Å². The van der Waals surface area contributed by atoms with Crippen LogP contribution < -0.4 is 5.73 Å². The van der Waals surface area contributed by atoms with Crippen molar-refractivity contribution in [1.82, 2.24) is 10.1 Å². The van der Waals surface area contributed by atoms with Crippen molar-refractivity contribution in [3.8, 4) is 11.5 Å². The highest BCUT2D eigenvalue weighted by Crippen LogP contribution is 2.35. The van der Waals surface area contributed by atoms with Crippen molar-refractivity contribution < 1.29 is 14.2 Å². The van der Waals surface area contributed by atoms with Gasteiger partial charge in [-0.3, -0.25) is 10.1 Å². The molecule has 1 heterocycles. The summed E-state index contributed by atoms with van der Waals surface area (Å²) in [6, 6.07) is 3.69. The summed E-state index contributed by atoms with van der Waals surface area (Å²) in [6.45, 7) is 0.198. The van der Waals surface area contributed by atoms with Crippen LogP contribution in [0.25, 0.3) is 11.5 Å². The summed E-state index contributed by atoms with van der Waals surface area (Å²) in [6.07, 6.45) is 0. The lowest BCUT2D eigenvalue weighted by Gasteiger charge is -2.03. The van der Waals surface area contributed by atoms with E-state index in [4.69, 9.17) is 26.6 Å². The Balaban J connectivity index is 2.45. The van der Waals surface area contributed by atoms with Crippen LogP contribution in [-0.2, 0) is 4.74 Å². The average Bonchev–Trinajstić information content (AvgIpc) is 2.88. The molecule has 0 radical (unpaired) electrons. The Kier molecular flexibility index (Phi) is 4.28. The van der Waals surface area contributed by atoms with Crippen LogP contribution in [0.4, 0.5) is 5.69 Å². The van der Waals surface area contributed by atoms with Gasteiger partial charge in [-0.15, -0.1) is 0 Å². The van der Waals surface area contributed by atoms with Gasteiger partial charge in [0.15, 0.2) is 5.82 Å². The molecule has 2 aromatic rings. The number of rotatable bonds is 5. The smallest absolute Gasteiger partial charge is 0.283 e. The van der Waals surface area contributed by atoms with Gasteiger partial charge in [0, 0.05) is 13.2 Å². The molecule has 8 nitrogen and oxygen atoms in total. The molecule has 1 unspecified atom stereocenters. The molecular formula is C11H11ClN4O4. The lowest BCUT2D eigenvalue weighted by Crippen LogP contribution is -2.17. The van der Waals surface area contributed by atoms with Crippen LogP contribution in [0.1, 0.15) is 11.9 Å². The van der Waals surface area contributed by atoms with Gasteiger partial charge in [0.1, 0.15) is 5.56 Å². The van der Waals surface area contributed by atoms with E-state index in [1.165, 1.54) is 25.3 Å². The topological polar surface area (TPSA) is 117 Å². The Hall–Kier alpha value is -2.03. The second-order valence-electron chi connectivity index (χ2n) is 3.91. The predicted molar refractivity (Wildman–Crippen MR) is 70.2 cm³/mol. The minimum Gasteiger partial charge on any atom is -0.383 e. The minimum atomic E-state index is -0.584. The van der Waals surface area contributed by atoms with Crippen LogP contribution in [0.3, 0.4) is 0 Å². The molecule has 0 fully saturated rings. The second-order valence-corrected chi connectivity index (χ2v) is 4.32. The van der Waals surface area contributed by atoms with Crippen molar-refractivity contribution in [1.29, 1.82) is 0 Å². The number of halogens is 1. The van der Waals surface area contributed by atoms with E-state index in [-0.39, 0.29) is 34.6 Å². The fraction of sp³-hybridized carbons (Fsp3) is 0.273. The summed E-state index contributed by atoms with van der Waals surface area (Å²) in [5.41, 5.74) is 5.61. The Morgan fingerprint density at radius 3 is 3.00 bits per heavy atom. The molecule has 0 aliphatic carbocycles. The van der Waals surface area contributed by atoms with Crippen molar-refractivity contribution in [2.24, 2.45) is 5.73 Å². The fourth-order valence-electron chi connectivity index (χ4n) is 1.62. The number of benzene rings is 1. The largest absolute Gasteiger partial charge is 0.383 e. The second kappa shape index (κ2) is 5.95. The maximum absolute atomic E-state index is 11.0. The van der Waals surface area contributed by atoms with Crippen LogP contribution >= 0.6 is 11.6 Å². The molecule has 1 aromatic carbocycles. The van der Waals surface area contributed by atoms with Gasteiger partial charge in [0.05, 0.1) is 22.6 Å². The van der Waals surface area contributed by atoms with Gasteiger partial charge in [-0.05, 0) is 6.07 Å². The van der Waals surface area contributed by atoms with Gasteiger partial charge < -0.3 is 15.0 Å². The van der Waals surface area contributed by atoms with Crippen LogP contribution in [0.15, 0.2) is 22.7 Å². The first-order chi connectivity index (χ1) is 9.54. The zero-order chi connectivity index (χ0) is 14.7. The number of ether oxygens (including phenoxy) is 1. The lowest BCUT2D eigenvalue weighted by atomic mass is 10.2. The molecule has 106 valence electrons. The van der Waals surface area contributed by atoms with Gasteiger partial charge in [-0.2, -0.15) is 4.98 Å². The minimum absolute atomic E-state index is 0.0520. The zero-order valence-electron chi connectivity index (χ0n) is 10.4. The molecule has 1 aromatic heterocycles. The fourth-order valence-corrected chi connectivity index (χ4v) is 1.87. The van der Waals surface area contributed by atoms with Gasteiger partial charge in [-0.25, -0.2) is 0 Å². The third-order valence-electron chi connectivity index (χ3n) is 2.52. The number of methoxy groups -OCH3 is 1. The molecule has 9 heteroatoms. The van der Waals surface area contributed by atoms with Crippen molar-refractivity contribution in [2.75, 3.05) is 13.7 Å². The molecule has 0 amide bonds. The van der Waals surface area contributed by atoms with Gasteiger partial charge in [0.2, 0.25) is 0 Å². The first-order valence-electron chi connectivity index (χ1n) is 5.56. The molecule has 2 rings (SSSR count). The normalized spacial score (nSPS) is 12.3. The van der Waals surface area contributed by atoms with Crippen molar-refractivity contribution in [3.05, 3.63) is 39.2 Å². The van der Waals surface area contributed by atoms with Crippen LogP contribution in [0, 0.1) is 10.1 Å². The average molecular weight is 299 g/mol. The van der Waals surface area contributed by atoms with E-state index in [2.05, 4.69) is 10.1 Å². The number of hydrogen-bond donors (Lipinski definition) is 1. The van der Waals surface area contributed by atoms with E-state index in [1.54, 1.807) is 0 Å². The quantitative estimate of drug-likeness (QED) is 0.662. The molecule has 1 atom stereocenters. The maximum Gasteiger partial charge on any atom is 0.283 e. The number of nitrogens with two attached hydrogens (primary N) is 1. The third kappa shape index (κ3) is 2.77. The van der Waals surface area contributed by atoms with E-state index in [1.807, 2.05) is 0 Å². The monoisotopic (exact) mass is 298 g/mol. The SMILES string of the molecule is COCC(N)c1noc(-c2c(Cl)cccc2[N+](=O)[O-])n1. The maximum atomic E-state index is 11.0. The van der Waals surface area contributed by atoms with Gasteiger partial charge in [0.25, 0.3) is 11.6 Å². The Bertz CT molecular complexity index is 631. The number of aromatic nitrogens is 2. The standard InChI is InChI=1S/C11H11ClN4O4/c1-19-5-7(13)10-14-11(20-15-10)9-6(12)3-2-4-8(9)16(17)18/h2-4,7H,5,13H2,1H3. The molecule has 0 spiro atoms. The highest BCUT2D eigenvalue weighted by Gasteiger charge is 2.24. The zero-order valence-corrected chi connectivity index (χ0v) is 11.2. The van der Waals surface area contributed by atoms with Crippen molar-refractivity contribution in [2.45, 2.75) is 6.04 Å². The molecule has 20 heavy (non-hydrogen) atoms. The van der Waals surface area contributed by atoms with E-state index in [9.17, 15) is 10.1 Å². The Morgan fingerprint density at radius 1 is 1.60 bits per heavy atom. The molecule has 2 N–H and O–H groups in total. The Morgan fingerprint density at radius 2 is 2.35 bits per heavy atom. The first kappa shape index (κ1) is 14.4.